The van der Waals surface area contributed by atoms with E-state index in [-0.39, 0.29) is 5.91 Å². The van der Waals surface area contributed by atoms with Crippen LogP contribution in [0.2, 0.25) is 0 Å². The average molecular weight is 282 g/mol. The summed E-state index contributed by atoms with van der Waals surface area (Å²) in [6, 6.07) is 0. The first kappa shape index (κ1) is 14.5. The Kier molecular flexibility index (Phi) is 4.93. The van der Waals surface area contributed by atoms with Gasteiger partial charge in [0.2, 0.25) is 0 Å². The molecule has 5 heteroatoms. The predicted octanol–water partition coefficient (Wildman–Crippen LogP) is 2.32. The van der Waals surface area contributed by atoms with Crippen LogP contribution in [0.4, 0.5) is 0 Å². The highest BCUT2D eigenvalue weighted by atomic mass is 32.1. The van der Waals surface area contributed by atoms with Crippen LogP contribution in [0, 0.1) is 0 Å². The Morgan fingerprint density at radius 2 is 2.42 bits per heavy atom. The lowest BCUT2D eigenvalue weighted by Crippen LogP contribution is -2.48. The van der Waals surface area contributed by atoms with Crippen LogP contribution in [0.25, 0.3) is 0 Å². The van der Waals surface area contributed by atoms with Gasteiger partial charge in [-0.1, -0.05) is 6.92 Å². The molecule has 0 spiro atoms. The van der Waals surface area contributed by atoms with E-state index < -0.39 is 5.60 Å². The summed E-state index contributed by atoms with van der Waals surface area (Å²) in [6.45, 7) is 5.31. The molecular weight excluding hydrogens is 260 g/mol. The second-order valence-electron chi connectivity index (χ2n) is 5.13. The van der Waals surface area contributed by atoms with E-state index in [1.54, 1.807) is 11.3 Å². The fourth-order valence-electron chi connectivity index (χ4n) is 2.23. The van der Waals surface area contributed by atoms with E-state index in [1.807, 2.05) is 6.92 Å². The first-order valence-electron chi connectivity index (χ1n) is 6.99. The third kappa shape index (κ3) is 3.76. The number of aromatic nitrogens is 1. The van der Waals surface area contributed by atoms with Crippen LogP contribution >= 0.6 is 11.3 Å². The van der Waals surface area contributed by atoms with Gasteiger partial charge in [-0.3, -0.25) is 4.79 Å². The van der Waals surface area contributed by atoms with Crippen LogP contribution in [0.5, 0.6) is 0 Å². The minimum Gasteiger partial charge on any atom is -0.365 e. The number of carbonyl (C=O) groups excluding carboxylic acids is 1. The third-order valence-electron chi connectivity index (χ3n) is 3.52. The van der Waals surface area contributed by atoms with Crippen molar-refractivity contribution in [2.75, 3.05) is 13.2 Å². The van der Waals surface area contributed by atoms with Crippen LogP contribution < -0.4 is 5.32 Å². The normalized spacial score (nSPS) is 23.3. The number of rotatable bonds is 5. The Morgan fingerprint density at radius 1 is 1.58 bits per heavy atom. The molecule has 1 aliphatic rings. The maximum atomic E-state index is 12.1. The Hall–Kier alpha value is -0.940. The van der Waals surface area contributed by atoms with Crippen LogP contribution in [0.15, 0.2) is 5.38 Å². The molecule has 1 aliphatic heterocycles. The van der Waals surface area contributed by atoms with Gasteiger partial charge in [0.05, 0.1) is 10.7 Å². The largest absolute Gasteiger partial charge is 0.365 e. The number of hydrogen-bond donors (Lipinski definition) is 1. The summed E-state index contributed by atoms with van der Waals surface area (Å²) in [5.41, 5.74) is 0.436. The Balaban J connectivity index is 1.77. The standard InChI is InChI=1S/C14H22N2O2S/c1-3-12-16-11(10-19-12)6-8-15-13(17)14(2)7-4-5-9-18-14/h10H,3-9H2,1-2H3,(H,15,17). The molecule has 1 aromatic heterocycles. The lowest BCUT2D eigenvalue weighted by molar-refractivity contribution is -0.150. The molecule has 1 atom stereocenters. The van der Waals surface area contributed by atoms with Gasteiger partial charge in [0.1, 0.15) is 5.60 Å². The molecule has 1 aromatic rings. The molecule has 1 N–H and O–H groups in total. The van der Waals surface area contributed by atoms with E-state index in [4.69, 9.17) is 4.74 Å². The quantitative estimate of drug-likeness (QED) is 0.901. The molecule has 2 heterocycles. The molecule has 0 bridgehead atoms. The van der Waals surface area contributed by atoms with E-state index in [2.05, 4.69) is 22.6 Å². The van der Waals surface area contributed by atoms with Crippen molar-refractivity contribution in [3.8, 4) is 0 Å². The van der Waals surface area contributed by atoms with Crippen LogP contribution in [-0.2, 0) is 22.4 Å². The first-order chi connectivity index (χ1) is 9.14. The zero-order valence-corrected chi connectivity index (χ0v) is 12.5. The SMILES string of the molecule is CCc1nc(CCNC(=O)C2(C)CCCCO2)cs1. The summed E-state index contributed by atoms with van der Waals surface area (Å²) in [5.74, 6) is 0.0122. The molecular formula is C14H22N2O2S. The van der Waals surface area contributed by atoms with Crippen molar-refractivity contribution in [2.45, 2.75) is 51.6 Å². The molecule has 0 saturated carbocycles. The van der Waals surface area contributed by atoms with E-state index in [9.17, 15) is 4.79 Å². The smallest absolute Gasteiger partial charge is 0.251 e. The lowest BCUT2D eigenvalue weighted by Gasteiger charge is -2.32. The number of thiazole rings is 1. The van der Waals surface area contributed by atoms with Crippen molar-refractivity contribution in [1.82, 2.24) is 10.3 Å². The molecule has 0 aromatic carbocycles. The highest BCUT2D eigenvalue weighted by Crippen LogP contribution is 2.24. The molecule has 19 heavy (non-hydrogen) atoms. The molecule has 1 unspecified atom stereocenters. The second kappa shape index (κ2) is 6.48. The van der Waals surface area contributed by atoms with Crippen molar-refractivity contribution in [1.29, 1.82) is 0 Å². The van der Waals surface area contributed by atoms with Crippen LogP contribution in [0.1, 0.15) is 43.8 Å². The zero-order valence-electron chi connectivity index (χ0n) is 11.7. The summed E-state index contributed by atoms with van der Waals surface area (Å²) < 4.78 is 5.63. The van der Waals surface area contributed by atoms with Gasteiger partial charge >= 0.3 is 0 Å². The van der Waals surface area contributed by atoms with Gasteiger partial charge in [-0.05, 0) is 32.6 Å². The number of nitrogens with one attached hydrogen (secondary N) is 1. The molecule has 2 rings (SSSR count). The van der Waals surface area contributed by atoms with Gasteiger partial charge in [0.25, 0.3) is 5.91 Å². The van der Waals surface area contributed by atoms with Crippen molar-refractivity contribution < 1.29 is 9.53 Å². The van der Waals surface area contributed by atoms with Gasteiger partial charge in [-0.2, -0.15) is 0 Å². The van der Waals surface area contributed by atoms with Gasteiger partial charge in [0.15, 0.2) is 0 Å². The molecule has 1 amide bonds. The van der Waals surface area contributed by atoms with Crippen molar-refractivity contribution in [3.63, 3.8) is 0 Å². The van der Waals surface area contributed by atoms with E-state index in [1.165, 1.54) is 0 Å². The highest BCUT2D eigenvalue weighted by molar-refractivity contribution is 7.09. The average Bonchev–Trinajstić information content (AvgIpc) is 2.87. The number of ether oxygens (including phenoxy) is 1. The molecule has 0 radical (unpaired) electrons. The van der Waals surface area contributed by atoms with Crippen LogP contribution in [-0.4, -0.2) is 29.6 Å². The maximum Gasteiger partial charge on any atom is 0.251 e. The minimum absolute atomic E-state index is 0.0122. The van der Waals surface area contributed by atoms with Crippen molar-refractivity contribution in [3.05, 3.63) is 16.1 Å². The number of aryl methyl sites for hydroxylation is 1. The Bertz CT molecular complexity index is 425. The predicted molar refractivity (Wildman–Crippen MR) is 76.4 cm³/mol. The van der Waals surface area contributed by atoms with Crippen molar-refractivity contribution >= 4 is 17.2 Å². The molecule has 1 fully saturated rings. The van der Waals surface area contributed by atoms with E-state index in [0.29, 0.717) is 13.2 Å². The third-order valence-corrected chi connectivity index (χ3v) is 4.56. The van der Waals surface area contributed by atoms with Gasteiger partial charge < -0.3 is 10.1 Å². The van der Waals surface area contributed by atoms with Gasteiger partial charge in [-0.15, -0.1) is 11.3 Å². The Morgan fingerprint density at radius 3 is 3.05 bits per heavy atom. The fraction of sp³-hybridized carbons (Fsp3) is 0.714. The van der Waals surface area contributed by atoms with Gasteiger partial charge in [0, 0.05) is 25.0 Å². The summed E-state index contributed by atoms with van der Waals surface area (Å²) in [6.07, 6.45) is 4.70. The number of hydrogen-bond acceptors (Lipinski definition) is 4. The molecule has 106 valence electrons. The summed E-state index contributed by atoms with van der Waals surface area (Å²) in [7, 11) is 0. The lowest BCUT2D eigenvalue weighted by atomic mass is 9.95. The monoisotopic (exact) mass is 282 g/mol. The van der Waals surface area contributed by atoms with Crippen LogP contribution in [0.3, 0.4) is 0 Å². The molecule has 1 saturated heterocycles. The number of nitrogens with zero attached hydrogens (tertiary/aromatic N) is 1. The summed E-state index contributed by atoms with van der Waals surface area (Å²) >= 11 is 1.69. The number of amides is 1. The highest BCUT2D eigenvalue weighted by Gasteiger charge is 2.35. The Labute approximate surface area is 118 Å². The van der Waals surface area contributed by atoms with Gasteiger partial charge in [-0.25, -0.2) is 4.98 Å². The van der Waals surface area contributed by atoms with E-state index in [0.717, 1.165) is 42.8 Å². The maximum absolute atomic E-state index is 12.1. The van der Waals surface area contributed by atoms with Crippen molar-refractivity contribution in [2.24, 2.45) is 0 Å². The fourth-order valence-corrected chi connectivity index (χ4v) is 3.01. The summed E-state index contributed by atoms with van der Waals surface area (Å²) in [4.78, 5) is 16.6. The number of carbonyl (C=O) groups is 1. The summed E-state index contributed by atoms with van der Waals surface area (Å²) in [5, 5.41) is 6.20. The molecule has 4 nitrogen and oxygen atoms in total. The molecule has 0 aliphatic carbocycles. The zero-order chi connectivity index (χ0) is 13.7. The first-order valence-corrected chi connectivity index (χ1v) is 7.87. The van der Waals surface area contributed by atoms with E-state index >= 15 is 0 Å². The second-order valence-corrected chi connectivity index (χ2v) is 6.07. The minimum atomic E-state index is -0.630. The topological polar surface area (TPSA) is 51.2 Å².